The maximum atomic E-state index is 12.2. The van der Waals surface area contributed by atoms with Crippen molar-refractivity contribution in [2.75, 3.05) is 65.4 Å². The van der Waals surface area contributed by atoms with Crippen LogP contribution in [0.15, 0.2) is 0 Å². The van der Waals surface area contributed by atoms with Crippen LogP contribution in [-0.4, -0.2) is 86.1 Å². The Balaban J connectivity index is 0.00000127. The van der Waals surface area contributed by atoms with E-state index in [1.807, 2.05) is 18.7 Å². The van der Waals surface area contributed by atoms with E-state index in [0.717, 1.165) is 58.3 Å². The largest absolute Gasteiger partial charge is 0.339 e. The molecule has 1 atom stereocenters. The van der Waals surface area contributed by atoms with Crippen LogP contribution in [0.3, 0.4) is 0 Å². The fourth-order valence-electron chi connectivity index (χ4n) is 2.98. The lowest BCUT2D eigenvalue weighted by Gasteiger charge is -2.36. The van der Waals surface area contributed by atoms with E-state index >= 15 is 0 Å². The van der Waals surface area contributed by atoms with Crippen molar-refractivity contribution in [1.29, 1.82) is 0 Å². The van der Waals surface area contributed by atoms with Gasteiger partial charge >= 0.3 is 0 Å². The Morgan fingerprint density at radius 2 is 1.57 bits per heavy atom. The minimum atomic E-state index is 0.310. The SMILES string of the molecule is CC.CCC(C)CCN1CCN(CC(=O)N2CCNCC2)CC1. The Morgan fingerprint density at radius 3 is 2.13 bits per heavy atom. The van der Waals surface area contributed by atoms with Gasteiger partial charge in [-0.1, -0.05) is 34.1 Å². The lowest BCUT2D eigenvalue weighted by atomic mass is 10.0. The third-order valence-electron chi connectivity index (χ3n) is 4.93. The summed E-state index contributed by atoms with van der Waals surface area (Å²) in [5.41, 5.74) is 0. The number of carbonyl (C=O) groups is 1. The molecule has 2 aliphatic heterocycles. The summed E-state index contributed by atoms with van der Waals surface area (Å²) in [7, 11) is 0. The Labute approximate surface area is 143 Å². The normalized spacial score (nSPS) is 21.5. The van der Waals surface area contributed by atoms with Gasteiger partial charge in [-0.15, -0.1) is 0 Å². The maximum absolute atomic E-state index is 12.2. The third kappa shape index (κ3) is 7.64. The van der Waals surface area contributed by atoms with Crippen LogP contribution in [0.1, 0.15) is 40.5 Å². The van der Waals surface area contributed by atoms with Gasteiger partial charge in [0, 0.05) is 52.4 Å². The van der Waals surface area contributed by atoms with Crippen molar-refractivity contribution in [3.05, 3.63) is 0 Å². The Morgan fingerprint density at radius 1 is 1.00 bits per heavy atom. The fourth-order valence-corrected chi connectivity index (χ4v) is 2.98. The van der Waals surface area contributed by atoms with Crippen molar-refractivity contribution in [3.63, 3.8) is 0 Å². The molecule has 23 heavy (non-hydrogen) atoms. The standard InChI is InChI=1S/C16H32N4O.C2H6/c1-3-15(2)4-7-18-10-12-19(13-11-18)14-16(21)20-8-5-17-6-9-20;1-2/h15,17H,3-14H2,1-2H3;1-2H3. The van der Waals surface area contributed by atoms with E-state index in [2.05, 4.69) is 29.0 Å². The summed E-state index contributed by atoms with van der Waals surface area (Å²) in [6.07, 6.45) is 2.58. The molecule has 0 aliphatic carbocycles. The van der Waals surface area contributed by atoms with Crippen molar-refractivity contribution in [1.82, 2.24) is 20.0 Å². The van der Waals surface area contributed by atoms with Crippen LogP contribution >= 0.6 is 0 Å². The molecule has 0 bridgehead atoms. The minimum absolute atomic E-state index is 0.310. The van der Waals surface area contributed by atoms with Crippen molar-refractivity contribution in [3.8, 4) is 0 Å². The summed E-state index contributed by atoms with van der Waals surface area (Å²) in [5, 5.41) is 3.29. The van der Waals surface area contributed by atoms with Crippen molar-refractivity contribution >= 4 is 5.91 Å². The van der Waals surface area contributed by atoms with Gasteiger partial charge in [0.25, 0.3) is 0 Å². The monoisotopic (exact) mass is 326 g/mol. The maximum Gasteiger partial charge on any atom is 0.236 e. The van der Waals surface area contributed by atoms with Crippen molar-refractivity contribution in [2.24, 2.45) is 5.92 Å². The van der Waals surface area contributed by atoms with E-state index in [0.29, 0.717) is 12.5 Å². The zero-order valence-electron chi connectivity index (χ0n) is 15.8. The molecule has 0 aromatic heterocycles. The molecule has 0 aromatic carbocycles. The Hall–Kier alpha value is -0.650. The molecule has 5 heteroatoms. The smallest absolute Gasteiger partial charge is 0.236 e. The number of rotatable bonds is 6. The van der Waals surface area contributed by atoms with Crippen LogP contribution < -0.4 is 5.32 Å². The van der Waals surface area contributed by atoms with E-state index in [9.17, 15) is 4.79 Å². The molecule has 2 saturated heterocycles. The lowest BCUT2D eigenvalue weighted by Crippen LogP contribution is -2.53. The second kappa shape index (κ2) is 11.8. The quantitative estimate of drug-likeness (QED) is 0.803. The molecule has 0 aromatic rings. The van der Waals surface area contributed by atoms with Crippen LogP contribution in [0.5, 0.6) is 0 Å². The van der Waals surface area contributed by atoms with Crippen molar-refractivity contribution < 1.29 is 4.79 Å². The highest BCUT2D eigenvalue weighted by Crippen LogP contribution is 2.10. The molecule has 1 unspecified atom stereocenters. The van der Waals surface area contributed by atoms with Gasteiger partial charge in [-0.25, -0.2) is 0 Å². The molecule has 2 fully saturated rings. The number of hydrogen-bond donors (Lipinski definition) is 1. The van der Waals surface area contributed by atoms with Gasteiger partial charge in [-0.2, -0.15) is 0 Å². The van der Waals surface area contributed by atoms with E-state index in [1.54, 1.807) is 0 Å². The van der Waals surface area contributed by atoms with E-state index in [-0.39, 0.29) is 0 Å². The predicted molar refractivity (Wildman–Crippen MR) is 97.7 cm³/mol. The number of amides is 1. The van der Waals surface area contributed by atoms with Gasteiger partial charge in [0.1, 0.15) is 0 Å². The summed E-state index contributed by atoms with van der Waals surface area (Å²) in [6, 6.07) is 0. The molecular formula is C18H38N4O. The molecule has 0 radical (unpaired) electrons. The highest BCUT2D eigenvalue weighted by atomic mass is 16.2. The second-order valence-corrected chi connectivity index (χ2v) is 6.55. The van der Waals surface area contributed by atoms with Crippen LogP contribution in [0.2, 0.25) is 0 Å². The van der Waals surface area contributed by atoms with Gasteiger partial charge in [0.2, 0.25) is 5.91 Å². The molecular weight excluding hydrogens is 288 g/mol. The average molecular weight is 327 g/mol. The number of nitrogens with zero attached hydrogens (tertiary/aromatic N) is 3. The van der Waals surface area contributed by atoms with E-state index < -0.39 is 0 Å². The summed E-state index contributed by atoms with van der Waals surface area (Å²) in [5.74, 6) is 1.14. The zero-order chi connectivity index (χ0) is 17.1. The molecule has 0 spiro atoms. The summed E-state index contributed by atoms with van der Waals surface area (Å²) in [6.45, 7) is 18.4. The van der Waals surface area contributed by atoms with Gasteiger partial charge in [-0.3, -0.25) is 9.69 Å². The van der Waals surface area contributed by atoms with Crippen molar-refractivity contribution in [2.45, 2.75) is 40.5 Å². The summed E-state index contributed by atoms with van der Waals surface area (Å²) >= 11 is 0. The van der Waals surface area contributed by atoms with Gasteiger partial charge in [-0.05, 0) is 18.9 Å². The summed E-state index contributed by atoms with van der Waals surface area (Å²) in [4.78, 5) is 19.1. The topological polar surface area (TPSA) is 38.8 Å². The molecule has 1 N–H and O–H groups in total. The number of hydrogen-bond acceptors (Lipinski definition) is 4. The average Bonchev–Trinajstić information content (AvgIpc) is 2.63. The minimum Gasteiger partial charge on any atom is -0.339 e. The molecule has 136 valence electrons. The first-order chi connectivity index (χ1) is 11.2. The highest BCUT2D eigenvalue weighted by molar-refractivity contribution is 5.78. The highest BCUT2D eigenvalue weighted by Gasteiger charge is 2.22. The van der Waals surface area contributed by atoms with Crippen LogP contribution in [0.4, 0.5) is 0 Å². The summed E-state index contributed by atoms with van der Waals surface area (Å²) < 4.78 is 0. The Bertz CT molecular complexity index is 310. The molecule has 1 amide bonds. The second-order valence-electron chi connectivity index (χ2n) is 6.55. The predicted octanol–water partition coefficient (Wildman–Crippen LogP) is 1.50. The molecule has 5 nitrogen and oxygen atoms in total. The molecule has 2 heterocycles. The van der Waals surface area contributed by atoms with Gasteiger partial charge in [0.15, 0.2) is 0 Å². The number of piperazine rings is 2. The first kappa shape index (κ1) is 20.4. The third-order valence-corrected chi connectivity index (χ3v) is 4.93. The lowest BCUT2D eigenvalue weighted by molar-refractivity contribution is -0.133. The van der Waals surface area contributed by atoms with Crippen LogP contribution in [-0.2, 0) is 4.79 Å². The first-order valence-corrected chi connectivity index (χ1v) is 9.62. The molecule has 2 rings (SSSR count). The first-order valence-electron chi connectivity index (χ1n) is 9.62. The number of nitrogens with one attached hydrogen (secondary N) is 1. The van der Waals surface area contributed by atoms with Gasteiger partial charge in [0.05, 0.1) is 6.54 Å². The molecule has 2 aliphatic rings. The zero-order valence-corrected chi connectivity index (χ0v) is 15.8. The fraction of sp³-hybridized carbons (Fsp3) is 0.944. The van der Waals surface area contributed by atoms with E-state index in [1.165, 1.54) is 19.4 Å². The van der Waals surface area contributed by atoms with E-state index in [4.69, 9.17) is 0 Å². The van der Waals surface area contributed by atoms with Crippen LogP contribution in [0.25, 0.3) is 0 Å². The van der Waals surface area contributed by atoms with Gasteiger partial charge < -0.3 is 15.1 Å². The Kier molecular flexibility index (Phi) is 10.5. The molecule has 0 saturated carbocycles. The number of carbonyl (C=O) groups excluding carboxylic acids is 1. The van der Waals surface area contributed by atoms with Crippen LogP contribution in [0, 0.1) is 5.92 Å².